The molecular formula is C16H27ClSi. The van der Waals surface area contributed by atoms with Gasteiger partial charge in [-0.2, -0.15) is 11.1 Å². The van der Waals surface area contributed by atoms with Crippen LogP contribution in [0.4, 0.5) is 0 Å². The Hall–Kier alpha value is 0.247. The average molecular weight is 283 g/mol. The zero-order valence-corrected chi connectivity index (χ0v) is 13.6. The Morgan fingerprint density at radius 2 is 1.56 bits per heavy atom. The van der Waals surface area contributed by atoms with Crippen molar-refractivity contribution in [2.75, 3.05) is 0 Å². The highest BCUT2D eigenvalue weighted by atomic mass is 35.6. The molecule has 0 spiro atoms. The van der Waals surface area contributed by atoms with Crippen molar-refractivity contribution in [3.63, 3.8) is 0 Å². The second-order valence-corrected chi connectivity index (χ2v) is 14.4. The number of allylic oxidation sites excluding steroid dienone is 2. The van der Waals surface area contributed by atoms with Crippen molar-refractivity contribution in [3.05, 3.63) is 12.2 Å². The molecule has 4 aliphatic carbocycles. The highest BCUT2D eigenvalue weighted by Gasteiger charge is 2.46. The van der Waals surface area contributed by atoms with Crippen molar-refractivity contribution < 1.29 is 0 Å². The number of halogens is 1. The molecular weight excluding hydrogens is 256 g/mol. The Morgan fingerprint density at radius 1 is 0.889 bits per heavy atom. The summed E-state index contributed by atoms with van der Waals surface area (Å²) in [4.78, 5) is 0. The number of rotatable bonds is 1. The van der Waals surface area contributed by atoms with Gasteiger partial charge < -0.3 is 0 Å². The molecule has 18 heavy (non-hydrogen) atoms. The van der Waals surface area contributed by atoms with Crippen molar-refractivity contribution >= 4 is 18.5 Å². The van der Waals surface area contributed by atoms with Crippen LogP contribution in [-0.2, 0) is 0 Å². The van der Waals surface area contributed by atoms with Crippen LogP contribution in [0.25, 0.3) is 0 Å². The predicted octanol–water partition coefficient (Wildman–Crippen LogP) is 5.59. The van der Waals surface area contributed by atoms with E-state index in [-0.39, 0.29) is 0 Å². The summed E-state index contributed by atoms with van der Waals surface area (Å²) in [5.41, 5.74) is 0.947. The van der Waals surface area contributed by atoms with Crippen molar-refractivity contribution in [3.8, 4) is 0 Å². The first-order valence-electron chi connectivity index (χ1n) is 7.89. The van der Waals surface area contributed by atoms with Gasteiger partial charge in [0.1, 0.15) is 0 Å². The standard InChI is InChI=1S/C9H17ClSi.C7H10/c1-11(2,10)9-6-7-3-4-8(9)5-7;1-2-7-4-3-6(1)5-7/h7-9H,3-6H2,1-2H3;1-2,6-7H,3-5H2. The van der Waals surface area contributed by atoms with Crippen LogP contribution in [0.2, 0.25) is 18.6 Å². The molecule has 0 radical (unpaired) electrons. The third-order valence-corrected chi connectivity index (χ3v) is 9.10. The molecule has 102 valence electrons. The molecule has 0 aromatic rings. The van der Waals surface area contributed by atoms with Gasteiger partial charge in [-0.05, 0) is 61.3 Å². The molecule has 5 unspecified atom stereocenters. The molecule has 0 saturated heterocycles. The maximum absolute atomic E-state index is 6.47. The van der Waals surface area contributed by atoms with Crippen LogP contribution in [-0.4, -0.2) is 7.38 Å². The van der Waals surface area contributed by atoms with E-state index in [1.807, 2.05) is 0 Å². The molecule has 3 saturated carbocycles. The van der Waals surface area contributed by atoms with Gasteiger partial charge in [0.25, 0.3) is 0 Å². The van der Waals surface area contributed by atoms with Gasteiger partial charge in [0.15, 0.2) is 7.38 Å². The van der Waals surface area contributed by atoms with Gasteiger partial charge in [0, 0.05) is 0 Å². The van der Waals surface area contributed by atoms with Gasteiger partial charge in [-0.1, -0.05) is 38.1 Å². The largest absolute Gasteiger partial charge is 0.167 e. The van der Waals surface area contributed by atoms with Gasteiger partial charge >= 0.3 is 0 Å². The van der Waals surface area contributed by atoms with Crippen LogP contribution >= 0.6 is 11.1 Å². The first-order valence-corrected chi connectivity index (χ1v) is 12.0. The van der Waals surface area contributed by atoms with E-state index in [1.165, 1.54) is 44.9 Å². The number of fused-ring (bicyclic) bond motifs is 4. The molecule has 0 heterocycles. The Kier molecular flexibility index (Phi) is 3.66. The van der Waals surface area contributed by atoms with Crippen LogP contribution in [0, 0.1) is 23.7 Å². The molecule has 0 aromatic heterocycles. The molecule has 2 heteroatoms. The minimum atomic E-state index is -1.31. The fourth-order valence-electron chi connectivity index (χ4n) is 4.80. The van der Waals surface area contributed by atoms with Crippen molar-refractivity contribution in [2.24, 2.45) is 23.7 Å². The Balaban J connectivity index is 0.000000122. The minimum absolute atomic E-state index is 0.947. The summed E-state index contributed by atoms with van der Waals surface area (Å²) in [5, 5.41) is 0. The second kappa shape index (κ2) is 4.98. The third kappa shape index (κ3) is 2.72. The fraction of sp³-hybridized carbons (Fsp3) is 0.875. The van der Waals surface area contributed by atoms with E-state index >= 15 is 0 Å². The second-order valence-electron chi connectivity index (χ2n) is 7.56. The van der Waals surface area contributed by atoms with Crippen LogP contribution in [0.5, 0.6) is 0 Å². The minimum Gasteiger partial charge on any atom is -0.167 e. The first kappa shape index (κ1) is 13.2. The quantitative estimate of drug-likeness (QED) is 0.334. The highest BCUT2D eigenvalue weighted by Crippen LogP contribution is 2.56. The lowest BCUT2D eigenvalue weighted by atomic mass is 10.0. The number of hydrogen-bond acceptors (Lipinski definition) is 0. The SMILES string of the molecule is C1=CC2CCC1C2.C[Si](C)(Cl)C1CC2CCC1C2. The molecule has 5 atom stereocenters. The summed E-state index contributed by atoms with van der Waals surface area (Å²) >= 11 is 6.47. The summed E-state index contributed by atoms with van der Waals surface area (Å²) in [6.07, 6.45) is 15.1. The molecule has 0 amide bonds. The first-order chi connectivity index (χ1) is 8.52. The summed E-state index contributed by atoms with van der Waals surface area (Å²) in [6.45, 7) is 4.64. The van der Waals surface area contributed by atoms with E-state index in [0.29, 0.717) is 0 Å². The van der Waals surface area contributed by atoms with Gasteiger partial charge in [0.05, 0.1) is 0 Å². The molecule has 0 aliphatic heterocycles. The van der Waals surface area contributed by atoms with Gasteiger partial charge in [-0.15, -0.1) is 0 Å². The molecule has 4 aliphatic rings. The molecule has 4 bridgehead atoms. The van der Waals surface area contributed by atoms with Crippen LogP contribution < -0.4 is 0 Å². The van der Waals surface area contributed by atoms with Crippen molar-refractivity contribution in [1.29, 1.82) is 0 Å². The van der Waals surface area contributed by atoms with Gasteiger partial charge in [0.2, 0.25) is 0 Å². The molecule has 0 aromatic carbocycles. The lowest BCUT2D eigenvalue weighted by Crippen LogP contribution is -2.29. The van der Waals surface area contributed by atoms with Crippen LogP contribution in [0.3, 0.4) is 0 Å². The maximum atomic E-state index is 6.47. The zero-order chi connectivity index (χ0) is 12.8. The van der Waals surface area contributed by atoms with Crippen LogP contribution in [0.15, 0.2) is 12.2 Å². The summed E-state index contributed by atoms with van der Waals surface area (Å²) < 4.78 is 0. The lowest BCUT2D eigenvalue weighted by molar-refractivity contribution is 0.472. The third-order valence-electron chi connectivity index (χ3n) is 5.79. The van der Waals surface area contributed by atoms with E-state index in [1.54, 1.807) is 0 Å². The summed E-state index contributed by atoms with van der Waals surface area (Å²) in [5.74, 6) is 4.07. The lowest BCUT2D eigenvalue weighted by Gasteiger charge is -2.29. The predicted molar refractivity (Wildman–Crippen MR) is 82.5 cm³/mol. The molecule has 0 N–H and O–H groups in total. The zero-order valence-electron chi connectivity index (χ0n) is 11.9. The summed E-state index contributed by atoms with van der Waals surface area (Å²) in [6, 6.07) is 0. The molecule has 0 nitrogen and oxygen atoms in total. The normalized spacial score (nSPS) is 44.3. The Morgan fingerprint density at radius 3 is 1.78 bits per heavy atom. The van der Waals surface area contributed by atoms with E-state index < -0.39 is 7.38 Å². The van der Waals surface area contributed by atoms with Crippen molar-refractivity contribution in [2.45, 2.75) is 63.6 Å². The summed E-state index contributed by atoms with van der Waals surface area (Å²) in [7, 11) is -1.31. The smallest absolute Gasteiger partial charge is 0.153 e. The van der Waals surface area contributed by atoms with Crippen molar-refractivity contribution in [1.82, 2.24) is 0 Å². The number of hydrogen-bond donors (Lipinski definition) is 0. The van der Waals surface area contributed by atoms with Gasteiger partial charge in [-0.3, -0.25) is 0 Å². The van der Waals surface area contributed by atoms with E-state index in [2.05, 4.69) is 25.2 Å². The topological polar surface area (TPSA) is 0 Å². The molecule has 3 fully saturated rings. The fourth-order valence-corrected chi connectivity index (χ4v) is 7.92. The Bertz CT molecular complexity index is 318. The van der Waals surface area contributed by atoms with E-state index in [0.717, 1.165) is 29.2 Å². The van der Waals surface area contributed by atoms with Gasteiger partial charge in [-0.25, -0.2) is 0 Å². The van der Waals surface area contributed by atoms with E-state index in [9.17, 15) is 0 Å². The van der Waals surface area contributed by atoms with E-state index in [4.69, 9.17) is 11.1 Å². The molecule has 4 rings (SSSR count). The monoisotopic (exact) mass is 282 g/mol. The van der Waals surface area contributed by atoms with Crippen LogP contribution in [0.1, 0.15) is 44.9 Å². The highest BCUT2D eigenvalue weighted by molar-refractivity contribution is 7.19. The maximum Gasteiger partial charge on any atom is 0.153 e. The Labute approximate surface area is 118 Å². The average Bonchev–Trinajstić information content (AvgIpc) is 3.09.